The number of rotatable bonds is 4. The minimum Gasteiger partial charge on any atom is -0.493 e. The number of fused-ring (bicyclic) bond motifs is 2. The molecule has 1 amide bonds. The van der Waals surface area contributed by atoms with Crippen LogP contribution < -0.4 is 19.7 Å². The summed E-state index contributed by atoms with van der Waals surface area (Å²) in [5.41, 5.74) is 2.07. The molecule has 0 spiro atoms. The maximum atomic E-state index is 14.2. The Hall–Kier alpha value is -3.40. The van der Waals surface area contributed by atoms with Crippen molar-refractivity contribution >= 4 is 29.0 Å². The van der Waals surface area contributed by atoms with Crippen molar-refractivity contribution in [2.75, 3.05) is 31.0 Å². The number of aromatic nitrogens is 2. The van der Waals surface area contributed by atoms with Gasteiger partial charge in [0.05, 0.1) is 20.3 Å². The van der Waals surface area contributed by atoms with E-state index in [1.165, 1.54) is 19.1 Å². The van der Waals surface area contributed by atoms with Gasteiger partial charge in [-0.15, -0.1) is 0 Å². The highest BCUT2D eigenvalue weighted by Crippen LogP contribution is 2.47. The highest BCUT2D eigenvalue weighted by Gasteiger charge is 2.48. The van der Waals surface area contributed by atoms with Crippen molar-refractivity contribution in [3.8, 4) is 11.5 Å². The monoisotopic (exact) mass is 520 g/mol. The van der Waals surface area contributed by atoms with Gasteiger partial charge in [0.2, 0.25) is 0 Å². The molecule has 0 fully saturated rings. The van der Waals surface area contributed by atoms with Crippen molar-refractivity contribution in [3.05, 3.63) is 64.3 Å². The lowest BCUT2D eigenvalue weighted by Gasteiger charge is -2.33. The van der Waals surface area contributed by atoms with E-state index in [-0.39, 0.29) is 23.0 Å². The number of hydrogen-bond acceptors (Lipinski definition) is 5. The van der Waals surface area contributed by atoms with Crippen molar-refractivity contribution in [1.29, 1.82) is 0 Å². The van der Waals surface area contributed by atoms with Crippen molar-refractivity contribution in [3.63, 3.8) is 0 Å². The number of para-hydroxylation sites is 1. The number of nitrogens with zero attached hydrogens (tertiary/aromatic N) is 3. The van der Waals surface area contributed by atoms with Crippen LogP contribution in [0.15, 0.2) is 42.5 Å². The zero-order valence-corrected chi connectivity index (χ0v) is 20.4. The molecule has 7 nitrogen and oxygen atoms in total. The molecule has 190 valence electrons. The van der Waals surface area contributed by atoms with Gasteiger partial charge < -0.3 is 19.7 Å². The van der Waals surface area contributed by atoms with E-state index in [0.717, 1.165) is 28.8 Å². The van der Waals surface area contributed by atoms with Crippen molar-refractivity contribution in [1.82, 2.24) is 9.78 Å². The molecule has 0 aliphatic carbocycles. The van der Waals surface area contributed by atoms with Crippen LogP contribution in [0, 0.1) is 0 Å². The Morgan fingerprint density at radius 1 is 1.14 bits per heavy atom. The predicted octanol–water partition coefficient (Wildman–Crippen LogP) is 5.81. The summed E-state index contributed by atoms with van der Waals surface area (Å²) in [6.45, 7) is 0.429. The highest BCUT2D eigenvalue weighted by atomic mass is 35.5. The summed E-state index contributed by atoms with van der Waals surface area (Å²) in [5.74, 6) is 0.283. The van der Waals surface area contributed by atoms with E-state index in [1.807, 2.05) is 24.3 Å². The summed E-state index contributed by atoms with van der Waals surface area (Å²) < 4.78 is 53.9. The Balaban J connectivity index is 1.54. The van der Waals surface area contributed by atoms with Crippen LogP contribution >= 0.6 is 11.6 Å². The Labute approximate surface area is 210 Å². The van der Waals surface area contributed by atoms with E-state index < -0.39 is 24.2 Å². The fourth-order valence-corrected chi connectivity index (χ4v) is 5.15. The molecular formula is C25H24ClF3N4O3. The summed E-state index contributed by atoms with van der Waals surface area (Å²) in [5, 5.41) is 7.04. The van der Waals surface area contributed by atoms with Crippen LogP contribution in [0.25, 0.3) is 0 Å². The number of aryl methyl sites for hydroxylation is 1. The Kier molecular flexibility index (Phi) is 6.23. The first-order valence-corrected chi connectivity index (χ1v) is 11.8. The third kappa shape index (κ3) is 4.13. The average molecular weight is 521 g/mol. The number of amides is 1. The number of anilines is 2. The molecule has 3 heterocycles. The quantitative estimate of drug-likeness (QED) is 0.470. The maximum Gasteiger partial charge on any atom is 0.410 e. The second kappa shape index (κ2) is 9.24. The summed E-state index contributed by atoms with van der Waals surface area (Å²) in [6, 6.07) is 9.67. The highest BCUT2D eigenvalue weighted by molar-refractivity contribution is 6.36. The fourth-order valence-electron chi connectivity index (χ4n) is 4.89. The molecule has 36 heavy (non-hydrogen) atoms. The largest absolute Gasteiger partial charge is 0.493 e. The van der Waals surface area contributed by atoms with Crippen LogP contribution in [-0.4, -0.2) is 42.6 Å². The Bertz CT molecular complexity index is 1310. The lowest BCUT2D eigenvalue weighted by atomic mass is 9.96. The number of halogens is 4. The Morgan fingerprint density at radius 3 is 2.61 bits per heavy atom. The molecule has 2 atom stereocenters. The first kappa shape index (κ1) is 24.3. The molecular weight excluding hydrogens is 497 g/mol. The fraction of sp³-hybridized carbons (Fsp3) is 0.360. The van der Waals surface area contributed by atoms with Crippen LogP contribution in [0.3, 0.4) is 0 Å². The topological polar surface area (TPSA) is 68.6 Å². The van der Waals surface area contributed by atoms with Gasteiger partial charge in [0.15, 0.2) is 23.2 Å². The second-order valence-corrected chi connectivity index (χ2v) is 9.13. The molecule has 2 aliphatic heterocycles. The van der Waals surface area contributed by atoms with Gasteiger partial charge in [-0.1, -0.05) is 35.9 Å². The molecule has 2 aliphatic rings. The number of alkyl halides is 3. The number of nitrogens with one attached hydrogen (secondary N) is 1. The number of hydrogen-bond donors (Lipinski definition) is 1. The predicted molar refractivity (Wildman–Crippen MR) is 129 cm³/mol. The summed E-state index contributed by atoms with van der Waals surface area (Å²) in [6.07, 6.45) is -3.40. The first-order chi connectivity index (χ1) is 17.2. The maximum absolute atomic E-state index is 14.2. The van der Waals surface area contributed by atoms with Gasteiger partial charge >= 0.3 is 6.18 Å². The van der Waals surface area contributed by atoms with E-state index in [2.05, 4.69) is 10.4 Å². The van der Waals surface area contributed by atoms with E-state index in [1.54, 1.807) is 18.2 Å². The molecule has 0 radical (unpaired) electrons. The number of carbonyl (C=O) groups excluding carboxylic acids is 1. The molecule has 3 aromatic rings. The molecule has 1 N–H and O–H groups in total. The second-order valence-electron chi connectivity index (χ2n) is 8.75. The van der Waals surface area contributed by atoms with Gasteiger partial charge in [0.1, 0.15) is 10.8 Å². The Morgan fingerprint density at radius 2 is 1.89 bits per heavy atom. The van der Waals surface area contributed by atoms with Crippen LogP contribution in [0.4, 0.5) is 24.7 Å². The minimum atomic E-state index is -4.61. The molecule has 0 bridgehead atoms. The van der Waals surface area contributed by atoms with Gasteiger partial charge in [0.25, 0.3) is 5.91 Å². The zero-order valence-electron chi connectivity index (χ0n) is 19.6. The van der Waals surface area contributed by atoms with Gasteiger partial charge in [-0.2, -0.15) is 18.3 Å². The van der Waals surface area contributed by atoms with Gasteiger partial charge in [-0.3, -0.25) is 4.79 Å². The summed E-state index contributed by atoms with van der Waals surface area (Å²) >= 11 is 6.55. The third-order valence-electron chi connectivity index (χ3n) is 6.66. The SMILES string of the molecule is COc1ccc([C@@H]2C[C@@H](C(F)(F)F)n3nc(C(=O)N4CCCc5ccccc54)c(Cl)c3N2)cc1OC. The summed E-state index contributed by atoms with van der Waals surface area (Å²) in [4.78, 5) is 15.0. The molecule has 0 unspecified atom stereocenters. The number of ether oxygens (including phenoxy) is 2. The van der Waals surface area contributed by atoms with Crippen molar-refractivity contribution in [2.24, 2.45) is 0 Å². The van der Waals surface area contributed by atoms with E-state index >= 15 is 0 Å². The lowest BCUT2D eigenvalue weighted by molar-refractivity contribution is -0.173. The minimum absolute atomic E-state index is 0.0429. The van der Waals surface area contributed by atoms with Crippen LogP contribution in [0.1, 0.15) is 46.5 Å². The molecule has 0 saturated heterocycles. The van der Waals surface area contributed by atoms with Crippen LogP contribution in [0.2, 0.25) is 5.02 Å². The number of methoxy groups -OCH3 is 2. The molecule has 2 aromatic carbocycles. The number of carbonyl (C=O) groups is 1. The average Bonchev–Trinajstić information content (AvgIpc) is 3.22. The van der Waals surface area contributed by atoms with Crippen molar-refractivity contribution in [2.45, 2.75) is 37.5 Å². The van der Waals surface area contributed by atoms with Gasteiger partial charge in [-0.25, -0.2) is 4.68 Å². The summed E-state index contributed by atoms with van der Waals surface area (Å²) in [7, 11) is 2.94. The smallest absolute Gasteiger partial charge is 0.410 e. The first-order valence-electron chi connectivity index (χ1n) is 11.5. The lowest BCUT2D eigenvalue weighted by Crippen LogP contribution is -2.37. The zero-order chi connectivity index (χ0) is 25.6. The van der Waals surface area contributed by atoms with Gasteiger partial charge in [0, 0.05) is 18.7 Å². The van der Waals surface area contributed by atoms with Crippen LogP contribution in [-0.2, 0) is 6.42 Å². The van der Waals surface area contributed by atoms with E-state index in [0.29, 0.717) is 23.6 Å². The molecule has 5 rings (SSSR count). The molecule has 11 heteroatoms. The number of benzene rings is 2. The van der Waals surface area contributed by atoms with Crippen LogP contribution in [0.5, 0.6) is 11.5 Å². The normalized spacial score (nSPS) is 19.2. The van der Waals surface area contributed by atoms with E-state index in [9.17, 15) is 18.0 Å². The molecule has 1 aromatic heterocycles. The molecule has 0 saturated carbocycles. The van der Waals surface area contributed by atoms with E-state index in [4.69, 9.17) is 21.1 Å². The standard InChI is InChI=1S/C25H24ClF3N4O3/c1-35-18-10-9-15(12-19(18)36-2)16-13-20(25(27,28)29)33-23(30-16)21(26)22(31-33)24(34)32-11-5-7-14-6-3-4-8-17(14)32/h3-4,6,8-10,12,16,20,30H,5,7,11,13H2,1-2H3/t16-,20-/m0/s1. The van der Waals surface area contributed by atoms with Crippen molar-refractivity contribution < 1.29 is 27.4 Å². The third-order valence-corrected chi connectivity index (χ3v) is 7.02. The van der Waals surface area contributed by atoms with Gasteiger partial charge in [-0.05, 0) is 42.2 Å².